The number of nitrogens with one attached hydrogen (secondary N) is 1. The largest absolute Gasteiger partial charge is 0.378 e. The molecule has 0 fully saturated rings. The fourth-order valence-corrected chi connectivity index (χ4v) is 3.61. The predicted octanol–water partition coefficient (Wildman–Crippen LogP) is 3.59. The molecule has 0 bridgehead atoms. The Morgan fingerprint density at radius 3 is 2.78 bits per heavy atom. The summed E-state index contributed by atoms with van der Waals surface area (Å²) in [6.07, 6.45) is 1.64. The molecule has 0 radical (unpaired) electrons. The SMILES string of the molecule is Cc1nc(-c2ccccc2)sc1CNc1cnn(C)c(=O)c1Br. The third-order valence-electron chi connectivity index (χ3n) is 3.43. The maximum atomic E-state index is 11.9. The van der Waals surface area contributed by atoms with Gasteiger partial charge < -0.3 is 5.32 Å². The quantitative estimate of drug-likeness (QED) is 0.739. The van der Waals surface area contributed by atoms with Crippen LogP contribution in [-0.2, 0) is 13.6 Å². The number of hydrogen-bond donors (Lipinski definition) is 1. The maximum Gasteiger partial charge on any atom is 0.282 e. The van der Waals surface area contributed by atoms with E-state index in [2.05, 4.69) is 43.5 Å². The highest BCUT2D eigenvalue weighted by molar-refractivity contribution is 9.10. The van der Waals surface area contributed by atoms with E-state index in [0.717, 1.165) is 21.1 Å². The van der Waals surface area contributed by atoms with Gasteiger partial charge >= 0.3 is 0 Å². The predicted molar refractivity (Wildman–Crippen MR) is 96.8 cm³/mol. The summed E-state index contributed by atoms with van der Waals surface area (Å²) in [7, 11) is 1.62. The summed E-state index contributed by atoms with van der Waals surface area (Å²) in [5.74, 6) is 0. The van der Waals surface area contributed by atoms with Crippen LogP contribution in [0.4, 0.5) is 5.69 Å². The summed E-state index contributed by atoms with van der Waals surface area (Å²) in [5.41, 5.74) is 2.63. The Morgan fingerprint density at radius 1 is 1.30 bits per heavy atom. The van der Waals surface area contributed by atoms with E-state index in [4.69, 9.17) is 0 Å². The van der Waals surface area contributed by atoms with Crippen LogP contribution in [0.15, 0.2) is 45.8 Å². The normalized spacial score (nSPS) is 10.7. The van der Waals surface area contributed by atoms with Crippen LogP contribution in [0, 0.1) is 6.92 Å². The molecule has 0 unspecified atom stereocenters. The molecule has 0 saturated carbocycles. The molecule has 3 aromatic rings. The number of thiazole rings is 1. The van der Waals surface area contributed by atoms with Gasteiger partial charge in [-0.15, -0.1) is 11.3 Å². The summed E-state index contributed by atoms with van der Waals surface area (Å²) < 4.78 is 1.78. The molecule has 0 atom stereocenters. The summed E-state index contributed by atoms with van der Waals surface area (Å²) in [4.78, 5) is 17.6. The Morgan fingerprint density at radius 2 is 2.04 bits per heavy atom. The van der Waals surface area contributed by atoms with Crippen LogP contribution in [0.3, 0.4) is 0 Å². The third-order valence-corrected chi connectivity index (χ3v) is 5.40. The van der Waals surface area contributed by atoms with Crippen molar-refractivity contribution in [3.63, 3.8) is 0 Å². The van der Waals surface area contributed by atoms with Crippen LogP contribution >= 0.6 is 27.3 Å². The van der Waals surface area contributed by atoms with E-state index in [9.17, 15) is 4.79 Å². The number of anilines is 1. The van der Waals surface area contributed by atoms with Crippen LogP contribution in [0.2, 0.25) is 0 Å². The van der Waals surface area contributed by atoms with Gasteiger partial charge in [0, 0.05) is 17.5 Å². The second kappa shape index (κ2) is 6.64. The molecule has 0 aliphatic carbocycles. The third kappa shape index (κ3) is 3.35. The highest BCUT2D eigenvalue weighted by Gasteiger charge is 2.11. The van der Waals surface area contributed by atoms with Crippen molar-refractivity contribution in [2.24, 2.45) is 7.05 Å². The molecule has 0 aliphatic heterocycles. The van der Waals surface area contributed by atoms with E-state index >= 15 is 0 Å². The number of aryl methyl sites for hydroxylation is 2. The molecule has 1 N–H and O–H groups in total. The molecule has 2 aromatic heterocycles. The van der Waals surface area contributed by atoms with Crippen molar-refractivity contribution in [3.05, 3.63) is 61.9 Å². The van der Waals surface area contributed by atoms with Gasteiger partial charge in [0.05, 0.1) is 24.1 Å². The molecule has 0 aliphatic rings. The highest BCUT2D eigenvalue weighted by Crippen LogP contribution is 2.28. The zero-order valence-electron chi connectivity index (χ0n) is 12.7. The minimum Gasteiger partial charge on any atom is -0.378 e. The van der Waals surface area contributed by atoms with E-state index in [1.807, 2.05) is 25.1 Å². The molecule has 3 rings (SSSR count). The fraction of sp³-hybridized carbons (Fsp3) is 0.188. The molecular formula is C16H15BrN4OS. The number of nitrogens with zero attached hydrogens (tertiary/aromatic N) is 3. The molecule has 0 spiro atoms. The maximum absolute atomic E-state index is 11.9. The number of benzene rings is 1. The number of halogens is 1. The Balaban J connectivity index is 1.81. The molecule has 0 saturated heterocycles. The fourth-order valence-electron chi connectivity index (χ4n) is 2.11. The summed E-state index contributed by atoms with van der Waals surface area (Å²) in [6, 6.07) is 10.1. The zero-order chi connectivity index (χ0) is 16.4. The van der Waals surface area contributed by atoms with Gasteiger partial charge in [-0.3, -0.25) is 4.79 Å². The first kappa shape index (κ1) is 15.9. The van der Waals surface area contributed by atoms with Crippen LogP contribution < -0.4 is 10.9 Å². The van der Waals surface area contributed by atoms with Crippen LogP contribution in [-0.4, -0.2) is 14.8 Å². The van der Waals surface area contributed by atoms with Crippen molar-refractivity contribution in [2.75, 3.05) is 5.32 Å². The Kier molecular flexibility index (Phi) is 4.58. The minimum absolute atomic E-state index is 0.166. The van der Waals surface area contributed by atoms with Crippen molar-refractivity contribution >= 4 is 33.0 Å². The average Bonchev–Trinajstić information content (AvgIpc) is 2.94. The lowest BCUT2D eigenvalue weighted by Crippen LogP contribution is -2.21. The summed E-state index contributed by atoms with van der Waals surface area (Å²) >= 11 is 4.97. The summed E-state index contributed by atoms with van der Waals surface area (Å²) in [6.45, 7) is 2.60. The lowest BCUT2D eigenvalue weighted by Gasteiger charge is -2.07. The van der Waals surface area contributed by atoms with Gasteiger partial charge in [0.25, 0.3) is 5.56 Å². The number of rotatable bonds is 4. The number of hydrogen-bond acceptors (Lipinski definition) is 5. The first-order valence-corrected chi connectivity index (χ1v) is 8.64. The van der Waals surface area contributed by atoms with E-state index in [1.165, 1.54) is 4.68 Å². The van der Waals surface area contributed by atoms with Gasteiger partial charge in [-0.2, -0.15) is 5.10 Å². The molecule has 2 heterocycles. The molecule has 118 valence electrons. The van der Waals surface area contributed by atoms with Gasteiger partial charge in [0.1, 0.15) is 9.48 Å². The summed E-state index contributed by atoms with van der Waals surface area (Å²) in [5, 5.41) is 8.28. The Labute approximate surface area is 146 Å². The van der Waals surface area contributed by atoms with Crippen molar-refractivity contribution < 1.29 is 0 Å². The molecular weight excluding hydrogens is 376 g/mol. The van der Waals surface area contributed by atoms with Crippen molar-refractivity contribution in [1.82, 2.24) is 14.8 Å². The number of aromatic nitrogens is 3. The zero-order valence-corrected chi connectivity index (χ0v) is 15.1. The van der Waals surface area contributed by atoms with E-state index in [0.29, 0.717) is 16.7 Å². The first-order chi connectivity index (χ1) is 11.1. The monoisotopic (exact) mass is 390 g/mol. The van der Waals surface area contributed by atoms with Gasteiger partial charge in [-0.25, -0.2) is 9.67 Å². The molecule has 5 nitrogen and oxygen atoms in total. The minimum atomic E-state index is -0.166. The second-order valence-corrected chi connectivity index (χ2v) is 6.92. The van der Waals surface area contributed by atoms with Crippen LogP contribution in [0.1, 0.15) is 10.6 Å². The Bertz CT molecular complexity index is 889. The van der Waals surface area contributed by atoms with Gasteiger partial charge in [0.15, 0.2) is 0 Å². The van der Waals surface area contributed by atoms with Gasteiger partial charge in [0.2, 0.25) is 0 Å². The van der Waals surface area contributed by atoms with Crippen LogP contribution in [0.5, 0.6) is 0 Å². The topological polar surface area (TPSA) is 59.8 Å². The second-order valence-electron chi connectivity index (χ2n) is 5.05. The van der Waals surface area contributed by atoms with Crippen LogP contribution in [0.25, 0.3) is 10.6 Å². The van der Waals surface area contributed by atoms with Crippen molar-refractivity contribution in [2.45, 2.75) is 13.5 Å². The van der Waals surface area contributed by atoms with Gasteiger partial charge in [-0.1, -0.05) is 30.3 Å². The smallest absolute Gasteiger partial charge is 0.282 e. The lowest BCUT2D eigenvalue weighted by atomic mass is 10.2. The van der Waals surface area contributed by atoms with Gasteiger partial charge in [-0.05, 0) is 22.9 Å². The average molecular weight is 391 g/mol. The van der Waals surface area contributed by atoms with E-state index in [1.54, 1.807) is 24.6 Å². The van der Waals surface area contributed by atoms with Crippen molar-refractivity contribution in [3.8, 4) is 10.6 Å². The molecule has 1 aromatic carbocycles. The van der Waals surface area contributed by atoms with E-state index in [-0.39, 0.29) is 5.56 Å². The van der Waals surface area contributed by atoms with Crippen molar-refractivity contribution in [1.29, 1.82) is 0 Å². The first-order valence-electron chi connectivity index (χ1n) is 7.03. The lowest BCUT2D eigenvalue weighted by molar-refractivity contribution is 0.703. The molecule has 23 heavy (non-hydrogen) atoms. The van der Waals surface area contributed by atoms with E-state index < -0.39 is 0 Å². The molecule has 0 amide bonds. The highest BCUT2D eigenvalue weighted by atomic mass is 79.9. The molecule has 7 heteroatoms. The Hall–Kier alpha value is -1.99. The standard InChI is InChI=1S/C16H15BrN4OS/c1-10-13(23-15(20-10)11-6-4-3-5-7-11)9-18-12-8-19-21(2)16(22)14(12)17/h3-8,18H,9H2,1-2H3.